The molecule has 0 saturated heterocycles. The lowest BCUT2D eigenvalue weighted by atomic mass is 10.2. The Bertz CT molecular complexity index is 360. The van der Waals surface area contributed by atoms with E-state index in [0.717, 1.165) is 24.3 Å². The van der Waals surface area contributed by atoms with Crippen LogP contribution in [0.4, 0.5) is 0 Å². The molecule has 1 heterocycles. The molecule has 1 aromatic heterocycles. The van der Waals surface area contributed by atoms with Gasteiger partial charge in [-0.2, -0.15) is 0 Å². The average Bonchev–Trinajstić information content (AvgIpc) is 2.89. The number of unbranched alkanes of at least 4 members (excludes halogenated alkanes) is 3. The van der Waals surface area contributed by atoms with Gasteiger partial charge in [-0.05, 0) is 17.9 Å². The lowest BCUT2D eigenvalue weighted by Crippen LogP contribution is -2.24. The van der Waals surface area contributed by atoms with E-state index in [2.05, 4.69) is 12.2 Å². The number of amides is 1. The minimum absolute atomic E-state index is 0.0172. The molecule has 0 spiro atoms. The number of hydrogen-bond acceptors (Lipinski definition) is 3. The van der Waals surface area contributed by atoms with Gasteiger partial charge >= 0.3 is 0 Å². The molecule has 0 aliphatic heterocycles. The van der Waals surface area contributed by atoms with Gasteiger partial charge in [0.2, 0.25) is 5.91 Å². The van der Waals surface area contributed by atoms with Gasteiger partial charge in [0, 0.05) is 19.4 Å². The summed E-state index contributed by atoms with van der Waals surface area (Å²) in [7, 11) is 0. The van der Waals surface area contributed by atoms with Crippen molar-refractivity contribution in [2.75, 3.05) is 6.54 Å². The third kappa shape index (κ3) is 5.96. The maximum atomic E-state index is 11.7. The first-order valence-corrected chi connectivity index (χ1v) is 7.45. The molecule has 0 radical (unpaired) electrons. The van der Waals surface area contributed by atoms with Crippen LogP contribution in [0.25, 0.3) is 0 Å². The van der Waals surface area contributed by atoms with E-state index in [9.17, 15) is 9.59 Å². The van der Waals surface area contributed by atoms with Crippen LogP contribution >= 0.6 is 11.3 Å². The summed E-state index contributed by atoms with van der Waals surface area (Å²) in [4.78, 5) is 23.9. The zero-order chi connectivity index (χ0) is 13.2. The van der Waals surface area contributed by atoms with Crippen molar-refractivity contribution < 1.29 is 9.59 Å². The monoisotopic (exact) mass is 267 g/mol. The van der Waals surface area contributed by atoms with E-state index in [1.54, 1.807) is 6.07 Å². The van der Waals surface area contributed by atoms with E-state index in [1.165, 1.54) is 24.2 Å². The topological polar surface area (TPSA) is 46.2 Å². The predicted octanol–water partition coefficient (Wildman–Crippen LogP) is 3.41. The molecule has 0 saturated carbocycles. The summed E-state index contributed by atoms with van der Waals surface area (Å²) >= 11 is 1.43. The molecule has 1 N–H and O–H groups in total. The summed E-state index contributed by atoms with van der Waals surface area (Å²) in [6.07, 6.45) is 5.20. The van der Waals surface area contributed by atoms with Crippen LogP contribution in [0.2, 0.25) is 0 Å². The summed E-state index contributed by atoms with van der Waals surface area (Å²) in [6.45, 7) is 2.89. The number of Topliss-reactive ketones (excluding diaryl/α,β-unsaturated/α-hetero) is 1. The fourth-order valence-corrected chi connectivity index (χ4v) is 2.35. The number of thiophene rings is 1. The standard InChI is InChI=1S/C14H21NO2S/c1-2-3-4-5-10-15-14(17)9-8-12(16)13-7-6-11-18-13/h6-7,11H,2-5,8-10H2,1H3,(H,15,17). The van der Waals surface area contributed by atoms with Crippen LogP contribution < -0.4 is 5.32 Å². The van der Waals surface area contributed by atoms with Crippen molar-refractivity contribution in [1.82, 2.24) is 5.32 Å². The molecular formula is C14H21NO2S. The van der Waals surface area contributed by atoms with E-state index >= 15 is 0 Å². The molecule has 100 valence electrons. The van der Waals surface area contributed by atoms with Crippen LogP contribution in [-0.2, 0) is 4.79 Å². The number of ketones is 1. The molecule has 18 heavy (non-hydrogen) atoms. The van der Waals surface area contributed by atoms with Gasteiger partial charge in [-0.15, -0.1) is 11.3 Å². The fourth-order valence-electron chi connectivity index (χ4n) is 1.66. The van der Waals surface area contributed by atoms with Crippen molar-refractivity contribution >= 4 is 23.0 Å². The molecule has 0 aliphatic rings. The van der Waals surface area contributed by atoms with Crippen molar-refractivity contribution in [1.29, 1.82) is 0 Å². The smallest absolute Gasteiger partial charge is 0.220 e. The molecule has 0 unspecified atom stereocenters. The van der Waals surface area contributed by atoms with E-state index in [1.807, 2.05) is 11.4 Å². The molecule has 1 aromatic rings. The van der Waals surface area contributed by atoms with E-state index in [-0.39, 0.29) is 11.7 Å². The Morgan fingerprint density at radius 1 is 1.22 bits per heavy atom. The summed E-state index contributed by atoms with van der Waals surface area (Å²) < 4.78 is 0. The Balaban J connectivity index is 2.08. The quantitative estimate of drug-likeness (QED) is 0.550. The van der Waals surface area contributed by atoms with E-state index < -0.39 is 0 Å². The molecule has 0 bridgehead atoms. The number of carbonyl (C=O) groups excluding carboxylic acids is 2. The lowest BCUT2D eigenvalue weighted by Gasteiger charge is -2.04. The van der Waals surface area contributed by atoms with Gasteiger partial charge in [-0.3, -0.25) is 9.59 Å². The van der Waals surface area contributed by atoms with Crippen LogP contribution in [0.3, 0.4) is 0 Å². The summed E-state index contributed by atoms with van der Waals surface area (Å²) in [6, 6.07) is 3.65. The predicted molar refractivity (Wildman–Crippen MR) is 75.0 cm³/mol. The first-order valence-electron chi connectivity index (χ1n) is 6.57. The van der Waals surface area contributed by atoms with Gasteiger partial charge in [-0.25, -0.2) is 0 Å². The van der Waals surface area contributed by atoms with Crippen LogP contribution in [0.15, 0.2) is 17.5 Å². The minimum atomic E-state index is -0.0172. The Hall–Kier alpha value is -1.16. The normalized spacial score (nSPS) is 10.3. The van der Waals surface area contributed by atoms with Crippen LogP contribution in [-0.4, -0.2) is 18.2 Å². The number of carbonyl (C=O) groups is 2. The first-order chi connectivity index (χ1) is 8.74. The Kier molecular flexibility index (Phi) is 7.34. The maximum absolute atomic E-state index is 11.7. The van der Waals surface area contributed by atoms with Gasteiger partial charge < -0.3 is 5.32 Å². The zero-order valence-corrected chi connectivity index (χ0v) is 11.7. The van der Waals surface area contributed by atoms with Crippen LogP contribution in [0.1, 0.15) is 55.1 Å². The van der Waals surface area contributed by atoms with Crippen LogP contribution in [0, 0.1) is 0 Å². The van der Waals surface area contributed by atoms with Crippen molar-refractivity contribution in [3.63, 3.8) is 0 Å². The Morgan fingerprint density at radius 3 is 2.72 bits per heavy atom. The van der Waals surface area contributed by atoms with Gasteiger partial charge in [0.05, 0.1) is 4.88 Å². The second-order valence-electron chi connectivity index (χ2n) is 4.31. The van der Waals surface area contributed by atoms with Crippen molar-refractivity contribution in [3.8, 4) is 0 Å². The van der Waals surface area contributed by atoms with Gasteiger partial charge in [0.25, 0.3) is 0 Å². The zero-order valence-electron chi connectivity index (χ0n) is 10.9. The first kappa shape index (κ1) is 14.9. The van der Waals surface area contributed by atoms with Crippen molar-refractivity contribution in [3.05, 3.63) is 22.4 Å². The highest BCUT2D eigenvalue weighted by molar-refractivity contribution is 7.12. The molecule has 1 amide bonds. The highest BCUT2D eigenvalue weighted by Gasteiger charge is 2.09. The third-order valence-corrected chi connectivity index (χ3v) is 3.64. The minimum Gasteiger partial charge on any atom is -0.356 e. The van der Waals surface area contributed by atoms with Gasteiger partial charge in [-0.1, -0.05) is 32.3 Å². The molecule has 1 rings (SSSR count). The average molecular weight is 267 g/mol. The molecule has 4 heteroatoms. The Labute approximate surface area is 113 Å². The molecule has 3 nitrogen and oxygen atoms in total. The number of rotatable bonds is 9. The summed E-state index contributed by atoms with van der Waals surface area (Å²) in [5, 5.41) is 4.73. The molecule has 0 fully saturated rings. The molecule has 0 aromatic carbocycles. The number of hydrogen-bond donors (Lipinski definition) is 1. The van der Waals surface area contributed by atoms with Gasteiger partial charge in [0.15, 0.2) is 5.78 Å². The third-order valence-electron chi connectivity index (χ3n) is 2.73. The maximum Gasteiger partial charge on any atom is 0.220 e. The lowest BCUT2D eigenvalue weighted by molar-refractivity contribution is -0.121. The summed E-state index contributed by atoms with van der Waals surface area (Å²) in [5.74, 6) is 0.0440. The fraction of sp³-hybridized carbons (Fsp3) is 0.571. The van der Waals surface area contributed by atoms with E-state index in [4.69, 9.17) is 0 Å². The molecular weight excluding hydrogens is 246 g/mol. The van der Waals surface area contributed by atoms with Crippen LogP contribution in [0.5, 0.6) is 0 Å². The largest absolute Gasteiger partial charge is 0.356 e. The highest BCUT2D eigenvalue weighted by Crippen LogP contribution is 2.12. The van der Waals surface area contributed by atoms with Gasteiger partial charge in [0.1, 0.15) is 0 Å². The Morgan fingerprint density at radius 2 is 2.06 bits per heavy atom. The van der Waals surface area contributed by atoms with E-state index in [0.29, 0.717) is 12.8 Å². The van der Waals surface area contributed by atoms with Crippen molar-refractivity contribution in [2.45, 2.75) is 45.4 Å². The highest BCUT2D eigenvalue weighted by atomic mass is 32.1. The number of nitrogens with one attached hydrogen (secondary N) is 1. The second kappa shape index (κ2) is 8.86. The summed E-state index contributed by atoms with van der Waals surface area (Å²) in [5.41, 5.74) is 0. The van der Waals surface area contributed by atoms with Crippen molar-refractivity contribution in [2.24, 2.45) is 0 Å². The SMILES string of the molecule is CCCCCCNC(=O)CCC(=O)c1cccs1. The molecule has 0 aliphatic carbocycles. The molecule has 0 atom stereocenters. The second-order valence-corrected chi connectivity index (χ2v) is 5.26.